The second kappa shape index (κ2) is 8.36. The lowest BCUT2D eigenvalue weighted by atomic mass is 10.0. The number of benzene rings is 1. The molecule has 2 saturated heterocycles. The average molecular weight is 347 g/mol. The number of hydrogen-bond acceptors (Lipinski definition) is 5. The van der Waals surface area contributed by atoms with Gasteiger partial charge < -0.3 is 23.8 Å². The minimum absolute atomic E-state index is 0.00111. The first kappa shape index (κ1) is 17.8. The van der Waals surface area contributed by atoms with Crippen molar-refractivity contribution in [3.63, 3.8) is 0 Å². The van der Waals surface area contributed by atoms with E-state index in [1.165, 1.54) is 0 Å². The zero-order valence-electron chi connectivity index (χ0n) is 14.8. The van der Waals surface area contributed by atoms with E-state index in [0.29, 0.717) is 24.7 Å². The summed E-state index contributed by atoms with van der Waals surface area (Å²) in [4.78, 5) is 14.6. The minimum Gasteiger partial charge on any atom is -0.493 e. The first-order chi connectivity index (χ1) is 12.2. The first-order valence-electron chi connectivity index (χ1n) is 8.67. The van der Waals surface area contributed by atoms with Crippen LogP contribution in [-0.2, 0) is 14.3 Å². The van der Waals surface area contributed by atoms with Crippen LogP contribution in [0.4, 0.5) is 0 Å². The molecule has 0 aromatic heterocycles. The summed E-state index contributed by atoms with van der Waals surface area (Å²) in [6.07, 6.45) is 6.14. The van der Waals surface area contributed by atoms with Crippen LogP contribution < -0.4 is 9.47 Å². The molecule has 6 heteroatoms. The molecule has 6 nitrogen and oxygen atoms in total. The molecular formula is C19H25NO5. The summed E-state index contributed by atoms with van der Waals surface area (Å²) >= 11 is 0. The van der Waals surface area contributed by atoms with Crippen molar-refractivity contribution in [3.8, 4) is 11.5 Å². The van der Waals surface area contributed by atoms with E-state index in [1.807, 2.05) is 23.1 Å². The molecule has 2 aliphatic rings. The fourth-order valence-electron chi connectivity index (χ4n) is 3.33. The third-order valence-electron chi connectivity index (χ3n) is 4.62. The number of carbonyl (C=O) groups is 1. The number of rotatable bonds is 5. The van der Waals surface area contributed by atoms with Crippen molar-refractivity contribution in [2.75, 3.05) is 34.0 Å². The molecule has 0 unspecified atom stereocenters. The predicted octanol–water partition coefficient (Wildman–Crippen LogP) is 2.47. The van der Waals surface area contributed by atoms with Crippen LogP contribution in [0.25, 0.3) is 6.08 Å². The Bertz CT molecular complexity index is 624. The van der Waals surface area contributed by atoms with Crippen molar-refractivity contribution in [1.82, 2.24) is 4.90 Å². The maximum atomic E-state index is 12.7. The van der Waals surface area contributed by atoms with Gasteiger partial charge in [-0.25, -0.2) is 0 Å². The molecule has 0 saturated carbocycles. The summed E-state index contributed by atoms with van der Waals surface area (Å²) in [6, 6.07) is 5.56. The third-order valence-corrected chi connectivity index (χ3v) is 4.62. The number of ether oxygens (including phenoxy) is 4. The normalized spacial score (nSPS) is 21.7. The van der Waals surface area contributed by atoms with Gasteiger partial charge in [-0.15, -0.1) is 0 Å². The Morgan fingerprint density at radius 2 is 1.92 bits per heavy atom. The summed E-state index contributed by atoms with van der Waals surface area (Å²) in [5, 5.41) is 0. The van der Waals surface area contributed by atoms with Gasteiger partial charge in [0.1, 0.15) is 0 Å². The van der Waals surface area contributed by atoms with Gasteiger partial charge >= 0.3 is 0 Å². The molecule has 136 valence electrons. The molecule has 0 N–H and O–H groups in total. The molecule has 3 rings (SSSR count). The van der Waals surface area contributed by atoms with Gasteiger partial charge in [0, 0.05) is 12.6 Å². The zero-order valence-corrected chi connectivity index (χ0v) is 14.8. The lowest BCUT2D eigenvalue weighted by Crippen LogP contribution is -2.49. The second-order valence-electron chi connectivity index (χ2n) is 6.15. The molecule has 2 fully saturated rings. The van der Waals surface area contributed by atoms with E-state index >= 15 is 0 Å². The molecule has 0 spiro atoms. The summed E-state index contributed by atoms with van der Waals surface area (Å²) in [7, 11) is 3.19. The summed E-state index contributed by atoms with van der Waals surface area (Å²) in [5.41, 5.74) is 0.882. The molecule has 0 radical (unpaired) electrons. The van der Waals surface area contributed by atoms with Gasteiger partial charge in [0.2, 0.25) is 5.91 Å². The Kier molecular flexibility index (Phi) is 5.94. The highest BCUT2D eigenvalue weighted by atomic mass is 16.7. The molecule has 1 atom stereocenters. The number of carbonyl (C=O) groups excluding carboxylic acids is 1. The second-order valence-corrected chi connectivity index (χ2v) is 6.15. The first-order valence-corrected chi connectivity index (χ1v) is 8.67. The van der Waals surface area contributed by atoms with Crippen molar-refractivity contribution >= 4 is 12.0 Å². The Morgan fingerprint density at radius 3 is 2.64 bits per heavy atom. The van der Waals surface area contributed by atoms with Crippen LogP contribution >= 0.6 is 0 Å². The van der Waals surface area contributed by atoms with Crippen LogP contribution in [0.5, 0.6) is 11.5 Å². The molecule has 0 aliphatic carbocycles. The van der Waals surface area contributed by atoms with Crippen molar-refractivity contribution in [2.24, 2.45) is 0 Å². The average Bonchev–Trinajstić information content (AvgIpc) is 3.20. The molecule has 1 amide bonds. The van der Waals surface area contributed by atoms with Gasteiger partial charge in [-0.1, -0.05) is 6.07 Å². The standard InChI is InChI=1S/C19H25NO5/c1-22-16-8-6-14(13-17(16)23-2)7-9-18(21)20-10-4-3-5-15(20)19-24-11-12-25-19/h6-9,13,15,19H,3-5,10-12H2,1-2H3/b9-7-/t15-/m1/s1. The third kappa shape index (κ3) is 4.14. The topological polar surface area (TPSA) is 57.2 Å². The number of piperidine rings is 1. The Balaban J connectivity index is 1.70. The Hall–Kier alpha value is -2.05. The minimum atomic E-state index is -0.293. The fourth-order valence-corrected chi connectivity index (χ4v) is 3.33. The van der Waals surface area contributed by atoms with E-state index in [4.69, 9.17) is 18.9 Å². The quantitative estimate of drug-likeness (QED) is 0.766. The monoisotopic (exact) mass is 347 g/mol. The molecule has 0 bridgehead atoms. The summed E-state index contributed by atoms with van der Waals surface area (Å²) in [5.74, 6) is 1.29. The van der Waals surface area contributed by atoms with E-state index in [9.17, 15) is 4.79 Å². The van der Waals surface area contributed by atoms with E-state index < -0.39 is 0 Å². The lowest BCUT2D eigenvalue weighted by molar-refractivity contribution is -0.145. The smallest absolute Gasteiger partial charge is 0.246 e. The SMILES string of the molecule is COc1ccc(/C=C\C(=O)N2CCCC[C@@H]2C2OCCO2)cc1OC. The van der Waals surface area contributed by atoms with E-state index in [2.05, 4.69) is 0 Å². The molecule has 2 aliphatic heterocycles. The number of amides is 1. The van der Waals surface area contributed by atoms with Crippen molar-refractivity contribution in [1.29, 1.82) is 0 Å². The Morgan fingerprint density at radius 1 is 1.16 bits per heavy atom. The van der Waals surface area contributed by atoms with E-state index in [1.54, 1.807) is 26.4 Å². The van der Waals surface area contributed by atoms with E-state index in [-0.39, 0.29) is 18.2 Å². The zero-order chi connectivity index (χ0) is 17.6. The summed E-state index contributed by atoms with van der Waals surface area (Å²) < 4.78 is 21.8. The number of nitrogens with zero attached hydrogens (tertiary/aromatic N) is 1. The maximum Gasteiger partial charge on any atom is 0.246 e. The fraction of sp³-hybridized carbons (Fsp3) is 0.526. The van der Waals surface area contributed by atoms with Crippen LogP contribution in [0.15, 0.2) is 24.3 Å². The molecule has 25 heavy (non-hydrogen) atoms. The van der Waals surface area contributed by atoms with Gasteiger partial charge in [0.05, 0.1) is 33.5 Å². The van der Waals surface area contributed by atoms with Crippen LogP contribution in [0.2, 0.25) is 0 Å². The van der Waals surface area contributed by atoms with Crippen LogP contribution in [0.3, 0.4) is 0 Å². The van der Waals surface area contributed by atoms with E-state index in [0.717, 1.165) is 31.4 Å². The lowest BCUT2D eigenvalue weighted by Gasteiger charge is -2.37. The van der Waals surface area contributed by atoms with Crippen LogP contribution in [0, 0.1) is 0 Å². The molecule has 2 heterocycles. The van der Waals surface area contributed by atoms with Gasteiger partial charge in [0.15, 0.2) is 17.8 Å². The molecular weight excluding hydrogens is 322 g/mol. The van der Waals surface area contributed by atoms with Crippen molar-refractivity contribution in [3.05, 3.63) is 29.8 Å². The number of hydrogen-bond donors (Lipinski definition) is 0. The molecule has 1 aromatic carbocycles. The van der Waals surface area contributed by atoms with Crippen LogP contribution in [0.1, 0.15) is 24.8 Å². The van der Waals surface area contributed by atoms with Crippen molar-refractivity contribution < 1.29 is 23.7 Å². The predicted molar refractivity (Wildman–Crippen MR) is 93.6 cm³/mol. The van der Waals surface area contributed by atoms with Gasteiger partial charge in [0.25, 0.3) is 0 Å². The maximum absolute atomic E-state index is 12.7. The van der Waals surface area contributed by atoms with Crippen molar-refractivity contribution in [2.45, 2.75) is 31.6 Å². The van der Waals surface area contributed by atoms with Crippen LogP contribution in [-0.4, -0.2) is 57.1 Å². The van der Waals surface area contributed by atoms with Gasteiger partial charge in [-0.3, -0.25) is 4.79 Å². The van der Waals surface area contributed by atoms with Gasteiger partial charge in [-0.05, 0) is 43.0 Å². The highest BCUT2D eigenvalue weighted by molar-refractivity contribution is 5.92. The highest BCUT2D eigenvalue weighted by Gasteiger charge is 2.35. The number of methoxy groups -OCH3 is 2. The number of likely N-dealkylation sites (tertiary alicyclic amines) is 1. The van der Waals surface area contributed by atoms with Gasteiger partial charge in [-0.2, -0.15) is 0 Å². The molecule has 1 aromatic rings. The largest absolute Gasteiger partial charge is 0.493 e. The summed E-state index contributed by atoms with van der Waals surface area (Å²) in [6.45, 7) is 1.94. The Labute approximate surface area is 148 Å². The highest BCUT2D eigenvalue weighted by Crippen LogP contribution is 2.28.